The second-order valence-corrected chi connectivity index (χ2v) is 6.16. The fraction of sp³-hybridized carbons (Fsp3) is 0.188. The van der Waals surface area contributed by atoms with E-state index in [4.69, 9.17) is 21.1 Å². The number of aromatic amines is 1. The molecule has 0 amide bonds. The molecule has 0 aliphatic carbocycles. The van der Waals surface area contributed by atoms with E-state index in [2.05, 4.69) is 36.6 Å². The lowest BCUT2D eigenvalue weighted by atomic mass is 10.2. The third kappa shape index (κ3) is 3.85. The summed E-state index contributed by atoms with van der Waals surface area (Å²) in [6.07, 6.45) is 0. The van der Waals surface area contributed by atoms with Crippen LogP contribution in [0.5, 0.6) is 11.5 Å². The van der Waals surface area contributed by atoms with Crippen molar-refractivity contribution in [1.29, 1.82) is 0 Å². The number of ether oxygens (including phenoxy) is 2. The summed E-state index contributed by atoms with van der Waals surface area (Å²) < 4.78 is 12.4. The normalized spacial score (nSPS) is 10.6. The molecule has 0 radical (unpaired) electrons. The average molecular weight is 410 g/mol. The van der Waals surface area contributed by atoms with Crippen molar-refractivity contribution >= 4 is 27.5 Å². The first kappa shape index (κ1) is 16.7. The van der Waals surface area contributed by atoms with Crippen molar-refractivity contribution in [3.8, 4) is 22.9 Å². The van der Waals surface area contributed by atoms with Crippen LogP contribution < -0.4 is 9.47 Å². The van der Waals surface area contributed by atoms with Gasteiger partial charge in [-0.05, 0) is 57.9 Å². The topological polar surface area (TPSA) is 72.9 Å². The third-order valence-corrected chi connectivity index (χ3v) is 4.01. The minimum absolute atomic E-state index is 0.376. The van der Waals surface area contributed by atoms with Gasteiger partial charge in [0, 0.05) is 10.6 Å². The van der Waals surface area contributed by atoms with Gasteiger partial charge in [0.15, 0.2) is 11.5 Å². The zero-order valence-electron chi connectivity index (χ0n) is 12.8. The molecule has 0 fully saturated rings. The number of H-pyrrole nitrogens is 1. The number of nitrogens with one attached hydrogen (secondary N) is 1. The minimum atomic E-state index is 0.376. The highest BCUT2D eigenvalue weighted by Crippen LogP contribution is 2.39. The number of rotatable bonds is 6. The van der Waals surface area contributed by atoms with Gasteiger partial charge in [0.1, 0.15) is 6.61 Å². The van der Waals surface area contributed by atoms with Crippen molar-refractivity contribution in [2.45, 2.75) is 13.5 Å². The first-order valence-electron chi connectivity index (χ1n) is 7.24. The summed E-state index contributed by atoms with van der Waals surface area (Å²) in [6, 6.07) is 11.2. The van der Waals surface area contributed by atoms with Crippen LogP contribution in [-0.4, -0.2) is 27.2 Å². The van der Waals surface area contributed by atoms with Gasteiger partial charge in [-0.25, -0.2) is 0 Å². The lowest BCUT2D eigenvalue weighted by Gasteiger charge is -2.15. The lowest BCUT2D eigenvalue weighted by Crippen LogP contribution is -2.01. The van der Waals surface area contributed by atoms with Crippen LogP contribution in [0.4, 0.5) is 0 Å². The van der Waals surface area contributed by atoms with Crippen molar-refractivity contribution in [2.75, 3.05) is 6.61 Å². The second-order valence-electron chi connectivity index (χ2n) is 4.87. The van der Waals surface area contributed by atoms with Crippen LogP contribution in [0.2, 0.25) is 5.02 Å². The number of tetrazole rings is 1. The Hall–Kier alpha value is -2.12. The van der Waals surface area contributed by atoms with E-state index in [0.717, 1.165) is 15.6 Å². The van der Waals surface area contributed by atoms with E-state index in [9.17, 15) is 0 Å². The predicted octanol–water partition coefficient (Wildman–Crippen LogP) is 4.26. The van der Waals surface area contributed by atoms with E-state index >= 15 is 0 Å². The quantitative estimate of drug-likeness (QED) is 0.658. The molecule has 24 heavy (non-hydrogen) atoms. The summed E-state index contributed by atoms with van der Waals surface area (Å²) in [5.41, 5.74) is 1.74. The molecule has 0 atom stereocenters. The second kappa shape index (κ2) is 7.63. The Morgan fingerprint density at radius 3 is 2.79 bits per heavy atom. The average Bonchev–Trinajstić information content (AvgIpc) is 3.09. The van der Waals surface area contributed by atoms with Crippen molar-refractivity contribution in [3.05, 3.63) is 51.5 Å². The zero-order valence-corrected chi connectivity index (χ0v) is 15.1. The molecule has 0 unspecified atom stereocenters. The van der Waals surface area contributed by atoms with E-state index < -0.39 is 0 Å². The molecule has 0 saturated carbocycles. The number of aromatic nitrogens is 4. The Labute approximate surface area is 152 Å². The zero-order chi connectivity index (χ0) is 16.9. The maximum atomic E-state index is 6.00. The molecule has 0 spiro atoms. The molecule has 0 bridgehead atoms. The van der Waals surface area contributed by atoms with Gasteiger partial charge in [-0.15, -0.1) is 10.2 Å². The Kier molecular flexibility index (Phi) is 5.32. The Bertz CT molecular complexity index is 827. The molecule has 8 heteroatoms. The molecule has 3 rings (SSSR count). The maximum absolute atomic E-state index is 6.00. The van der Waals surface area contributed by atoms with Crippen LogP contribution in [0.25, 0.3) is 11.4 Å². The van der Waals surface area contributed by atoms with Gasteiger partial charge in [0.25, 0.3) is 0 Å². The molecule has 0 aliphatic heterocycles. The molecule has 0 aliphatic rings. The molecule has 0 saturated heterocycles. The van der Waals surface area contributed by atoms with Gasteiger partial charge in [-0.1, -0.05) is 23.7 Å². The van der Waals surface area contributed by atoms with Crippen LogP contribution in [0.1, 0.15) is 12.5 Å². The number of benzene rings is 2. The standard InChI is InChI=1S/C16H14BrClN4O2/c1-2-23-14-8-11(16-19-21-22-20-16)7-13(17)15(14)24-9-10-4-3-5-12(18)6-10/h3-8H,2,9H2,1H3,(H,19,20,21,22). The minimum Gasteiger partial charge on any atom is -0.490 e. The van der Waals surface area contributed by atoms with Crippen molar-refractivity contribution < 1.29 is 9.47 Å². The molecule has 1 N–H and O–H groups in total. The highest BCUT2D eigenvalue weighted by atomic mass is 79.9. The Balaban J connectivity index is 1.88. The molecular formula is C16H14BrClN4O2. The van der Waals surface area contributed by atoms with Gasteiger partial charge in [-0.3, -0.25) is 0 Å². The summed E-state index contributed by atoms with van der Waals surface area (Å²) in [5, 5.41) is 14.6. The lowest BCUT2D eigenvalue weighted by molar-refractivity contribution is 0.268. The molecule has 2 aromatic carbocycles. The summed E-state index contributed by atoms with van der Waals surface area (Å²) in [4.78, 5) is 0. The third-order valence-electron chi connectivity index (χ3n) is 3.19. The largest absolute Gasteiger partial charge is 0.490 e. The van der Waals surface area contributed by atoms with Gasteiger partial charge in [0.2, 0.25) is 5.82 Å². The van der Waals surface area contributed by atoms with Crippen molar-refractivity contribution in [2.24, 2.45) is 0 Å². The summed E-state index contributed by atoms with van der Waals surface area (Å²) >= 11 is 9.53. The molecule has 124 valence electrons. The smallest absolute Gasteiger partial charge is 0.204 e. The summed E-state index contributed by atoms with van der Waals surface area (Å²) in [6.45, 7) is 2.80. The fourth-order valence-electron chi connectivity index (χ4n) is 2.17. The number of nitrogens with zero attached hydrogens (tertiary/aromatic N) is 3. The molecule has 1 aromatic heterocycles. The molecule has 3 aromatic rings. The monoisotopic (exact) mass is 408 g/mol. The van der Waals surface area contributed by atoms with E-state index in [1.807, 2.05) is 43.3 Å². The SMILES string of the molecule is CCOc1cc(-c2nn[nH]n2)cc(Br)c1OCc1cccc(Cl)c1. The van der Waals surface area contributed by atoms with Crippen LogP contribution in [-0.2, 0) is 6.61 Å². The Morgan fingerprint density at radius 2 is 2.08 bits per heavy atom. The van der Waals surface area contributed by atoms with E-state index in [1.54, 1.807) is 0 Å². The van der Waals surface area contributed by atoms with Crippen LogP contribution >= 0.6 is 27.5 Å². The van der Waals surface area contributed by atoms with Crippen LogP contribution in [0.15, 0.2) is 40.9 Å². The number of hydrogen-bond acceptors (Lipinski definition) is 5. The molecule has 1 heterocycles. The maximum Gasteiger partial charge on any atom is 0.204 e. The fourth-order valence-corrected chi connectivity index (χ4v) is 2.94. The predicted molar refractivity (Wildman–Crippen MR) is 94.3 cm³/mol. The summed E-state index contributed by atoms with van der Waals surface area (Å²) in [5.74, 6) is 1.70. The highest BCUT2D eigenvalue weighted by molar-refractivity contribution is 9.10. The first-order valence-corrected chi connectivity index (χ1v) is 8.42. The highest BCUT2D eigenvalue weighted by Gasteiger charge is 2.15. The van der Waals surface area contributed by atoms with Gasteiger partial charge in [-0.2, -0.15) is 5.21 Å². The van der Waals surface area contributed by atoms with Gasteiger partial charge in [0.05, 0.1) is 11.1 Å². The Morgan fingerprint density at radius 1 is 1.21 bits per heavy atom. The summed E-state index contributed by atoms with van der Waals surface area (Å²) in [7, 11) is 0. The van der Waals surface area contributed by atoms with Gasteiger partial charge < -0.3 is 9.47 Å². The van der Waals surface area contributed by atoms with E-state index in [0.29, 0.717) is 35.6 Å². The number of halogens is 2. The van der Waals surface area contributed by atoms with E-state index in [-0.39, 0.29) is 0 Å². The van der Waals surface area contributed by atoms with Crippen molar-refractivity contribution in [3.63, 3.8) is 0 Å². The van der Waals surface area contributed by atoms with Crippen molar-refractivity contribution in [1.82, 2.24) is 20.6 Å². The number of hydrogen-bond donors (Lipinski definition) is 1. The van der Waals surface area contributed by atoms with Gasteiger partial charge >= 0.3 is 0 Å². The van der Waals surface area contributed by atoms with Crippen LogP contribution in [0.3, 0.4) is 0 Å². The first-order chi connectivity index (χ1) is 11.7. The van der Waals surface area contributed by atoms with Crippen LogP contribution in [0, 0.1) is 0 Å². The molecular weight excluding hydrogens is 396 g/mol. The molecule has 6 nitrogen and oxygen atoms in total. The van der Waals surface area contributed by atoms with E-state index in [1.165, 1.54) is 0 Å².